The van der Waals surface area contributed by atoms with Gasteiger partial charge in [-0.1, -0.05) is 29.5 Å². The topological polar surface area (TPSA) is 111 Å². The molecule has 0 aliphatic rings. The number of aromatic hydroxyl groups is 1. The molecule has 166 valence electrons. The molecule has 3 rings (SSSR count). The smallest absolute Gasteiger partial charge is 0.305 e. The monoisotopic (exact) mass is 446 g/mol. The van der Waals surface area contributed by atoms with E-state index in [0.29, 0.717) is 44.5 Å². The first kappa shape index (κ1) is 22.9. The Bertz CT molecular complexity index is 1100. The molecular weight excluding hydrogens is 419 g/mol. The highest BCUT2D eigenvalue weighted by Crippen LogP contribution is 2.27. The minimum absolute atomic E-state index is 0.0633. The lowest BCUT2D eigenvalue weighted by Gasteiger charge is -2.25. The van der Waals surface area contributed by atoms with Gasteiger partial charge in [0.05, 0.1) is 10.7 Å². The van der Waals surface area contributed by atoms with Crippen LogP contribution >= 0.6 is 11.3 Å². The van der Waals surface area contributed by atoms with E-state index in [1.165, 1.54) is 12.1 Å². The van der Waals surface area contributed by atoms with Crippen LogP contribution in [0.5, 0.6) is 5.75 Å². The minimum Gasteiger partial charge on any atom is -0.506 e. The van der Waals surface area contributed by atoms with Crippen molar-refractivity contribution in [2.24, 2.45) is 5.73 Å². The molecule has 31 heavy (non-hydrogen) atoms. The average molecular weight is 447 g/mol. The zero-order chi connectivity index (χ0) is 22.4. The standard InChI is InChI=1S/C22H27FN4O3S/c1-14(24)21(29)27(11-8-15-3-2-4-17(23)13-15)12-10-25-9-7-16-5-6-18(28)19-20(16)31-22(30)26-19/h2-6,13-14,25,28H,7-12,24H2,1H3,(H,26,30). The van der Waals surface area contributed by atoms with Crippen molar-refractivity contribution in [2.45, 2.75) is 25.8 Å². The van der Waals surface area contributed by atoms with E-state index in [0.717, 1.165) is 27.2 Å². The molecule has 5 N–H and O–H groups in total. The van der Waals surface area contributed by atoms with Gasteiger partial charge in [0.15, 0.2) is 0 Å². The number of carbonyl (C=O) groups excluding carboxylic acids is 1. The molecule has 0 aliphatic carbocycles. The summed E-state index contributed by atoms with van der Waals surface area (Å²) in [5.41, 5.74) is 8.06. The lowest BCUT2D eigenvalue weighted by atomic mass is 10.1. The Hall–Kier alpha value is -2.75. The van der Waals surface area contributed by atoms with Crippen LogP contribution in [-0.4, -0.2) is 53.1 Å². The van der Waals surface area contributed by atoms with Crippen molar-refractivity contribution in [3.8, 4) is 5.75 Å². The zero-order valence-electron chi connectivity index (χ0n) is 17.4. The van der Waals surface area contributed by atoms with Gasteiger partial charge in [-0.2, -0.15) is 0 Å². The number of phenolic OH excluding ortho intramolecular Hbond substituents is 1. The Labute approximate surface area is 183 Å². The summed E-state index contributed by atoms with van der Waals surface area (Å²) in [6, 6.07) is 9.15. The summed E-state index contributed by atoms with van der Waals surface area (Å²) in [6.45, 7) is 3.82. The van der Waals surface area contributed by atoms with Crippen molar-refractivity contribution in [1.29, 1.82) is 0 Å². The molecular formula is C22H27FN4O3S. The maximum atomic E-state index is 13.4. The number of hydrogen-bond donors (Lipinski definition) is 4. The molecule has 0 bridgehead atoms. The maximum Gasteiger partial charge on any atom is 0.305 e. The van der Waals surface area contributed by atoms with Crippen LogP contribution < -0.4 is 15.9 Å². The number of aromatic amines is 1. The van der Waals surface area contributed by atoms with Gasteiger partial charge in [-0.15, -0.1) is 0 Å². The van der Waals surface area contributed by atoms with Gasteiger partial charge in [-0.3, -0.25) is 9.59 Å². The summed E-state index contributed by atoms with van der Waals surface area (Å²) in [5.74, 6) is -0.371. The average Bonchev–Trinajstić information content (AvgIpc) is 3.13. The van der Waals surface area contributed by atoms with E-state index in [1.807, 2.05) is 12.1 Å². The van der Waals surface area contributed by atoms with E-state index in [2.05, 4.69) is 10.3 Å². The molecule has 3 aromatic rings. The fourth-order valence-electron chi connectivity index (χ4n) is 3.41. The number of thiazole rings is 1. The molecule has 0 fully saturated rings. The SMILES string of the molecule is CC(N)C(=O)N(CCNCCc1ccc(O)c2[nH]c(=O)sc12)CCc1cccc(F)c1. The number of hydrogen-bond acceptors (Lipinski definition) is 6. The number of nitrogens with one attached hydrogen (secondary N) is 2. The highest BCUT2D eigenvalue weighted by molar-refractivity contribution is 7.16. The highest BCUT2D eigenvalue weighted by Gasteiger charge is 2.17. The Morgan fingerprint density at radius 3 is 2.81 bits per heavy atom. The predicted molar refractivity (Wildman–Crippen MR) is 121 cm³/mol. The second-order valence-electron chi connectivity index (χ2n) is 7.46. The third kappa shape index (κ3) is 6.13. The van der Waals surface area contributed by atoms with Crippen LogP contribution in [0.25, 0.3) is 10.2 Å². The number of H-pyrrole nitrogens is 1. The van der Waals surface area contributed by atoms with Gasteiger partial charge < -0.3 is 26.0 Å². The summed E-state index contributed by atoms with van der Waals surface area (Å²) in [7, 11) is 0. The van der Waals surface area contributed by atoms with Gasteiger partial charge in [-0.25, -0.2) is 4.39 Å². The molecule has 9 heteroatoms. The molecule has 0 saturated heterocycles. The Kier molecular flexibility index (Phi) is 7.78. The number of aromatic nitrogens is 1. The first-order valence-electron chi connectivity index (χ1n) is 10.2. The Balaban J connectivity index is 1.52. The molecule has 1 unspecified atom stereocenters. The van der Waals surface area contributed by atoms with Crippen molar-refractivity contribution >= 4 is 27.5 Å². The van der Waals surface area contributed by atoms with Crippen molar-refractivity contribution in [2.75, 3.05) is 26.2 Å². The molecule has 0 saturated carbocycles. The predicted octanol–water partition coefficient (Wildman–Crippen LogP) is 1.98. The third-order valence-corrected chi connectivity index (χ3v) is 5.99. The van der Waals surface area contributed by atoms with Gasteiger partial charge in [0.2, 0.25) is 5.91 Å². The normalized spacial score (nSPS) is 12.2. The molecule has 1 amide bonds. The summed E-state index contributed by atoms with van der Waals surface area (Å²) in [6.07, 6.45) is 1.23. The van der Waals surface area contributed by atoms with Gasteiger partial charge in [-0.05, 0) is 55.6 Å². The lowest BCUT2D eigenvalue weighted by Crippen LogP contribution is -2.45. The van der Waals surface area contributed by atoms with Crippen molar-refractivity contribution in [3.05, 3.63) is 63.0 Å². The first-order valence-corrected chi connectivity index (χ1v) is 11.0. The number of nitrogens with zero attached hydrogens (tertiary/aromatic N) is 1. The van der Waals surface area contributed by atoms with E-state index in [-0.39, 0.29) is 22.3 Å². The van der Waals surface area contributed by atoms with Crippen LogP contribution in [0, 0.1) is 5.82 Å². The van der Waals surface area contributed by atoms with E-state index in [1.54, 1.807) is 24.0 Å². The molecule has 1 heterocycles. The molecule has 2 aromatic carbocycles. The van der Waals surface area contributed by atoms with Crippen molar-refractivity contribution < 1.29 is 14.3 Å². The van der Waals surface area contributed by atoms with Crippen LogP contribution in [0.3, 0.4) is 0 Å². The Morgan fingerprint density at radius 1 is 1.26 bits per heavy atom. The van der Waals surface area contributed by atoms with Gasteiger partial charge >= 0.3 is 4.87 Å². The minimum atomic E-state index is -0.603. The highest BCUT2D eigenvalue weighted by atomic mass is 32.1. The maximum absolute atomic E-state index is 13.4. The van der Waals surface area contributed by atoms with Gasteiger partial charge in [0, 0.05) is 19.6 Å². The van der Waals surface area contributed by atoms with Gasteiger partial charge in [0.25, 0.3) is 0 Å². The van der Waals surface area contributed by atoms with Crippen LogP contribution in [0.15, 0.2) is 41.2 Å². The second-order valence-corrected chi connectivity index (χ2v) is 8.44. The summed E-state index contributed by atoms with van der Waals surface area (Å²) in [5, 5.41) is 13.2. The van der Waals surface area contributed by atoms with Crippen LogP contribution in [0.2, 0.25) is 0 Å². The van der Waals surface area contributed by atoms with Crippen molar-refractivity contribution in [1.82, 2.24) is 15.2 Å². The molecule has 1 aromatic heterocycles. The second kappa shape index (κ2) is 10.5. The number of fused-ring (bicyclic) bond motifs is 1. The number of halogens is 1. The van der Waals surface area contributed by atoms with Crippen molar-refractivity contribution in [3.63, 3.8) is 0 Å². The quantitative estimate of drug-likeness (QED) is 0.356. The molecule has 0 radical (unpaired) electrons. The van der Waals surface area contributed by atoms with E-state index in [9.17, 15) is 19.1 Å². The molecule has 0 aliphatic heterocycles. The number of phenols is 1. The summed E-state index contributed by atoms with van der Waals surface area (Å²) >= 11 is 1.08. The number of rotatable bonds is 10. The number of carbonyl (C=O) groups is 1. The van der Waals surface area contributed by atoms with E-state index >= 15 is 0 Å². The summed E-state index contributed by atoms with van der Waals surface area (Å²) in [4.78, 5) is 28.2. The van der Waals surface area contributed by atoms with Crippen LogP contribution in [-0.2, 0) is 17.6 Å². The van der Waals surface area contributed by atoms with Crippen LogP contribution in [0.4, 0.5) is 4.39 Å². The summed E-state index contributed by atoms with van der Waals surface area (Å²) < 4.78 is 14.1. The molecule has 7 nitrogen and oxygen atoms in total. The number of benzene rings is 2. The van der Waals surface area contributed by atoms with E-state index < -0.39 is 6.04 Å². The lowest BCUT2D eigenvalue weighted by molar-refractivity contribution is -0.132. The van der Waals surface area contributed by atoms with Gasteiger partial charge in [0.1, 0.15) is 17.1 Å². The van der Waals surface area contributed by atoms with E-state index in [4.69, 9.17) is 5.73 Å². The third-order valence-electron chi connectivity index (χ3n) is 5.03. The number of amides is 1. The molecule has 0 spiro atoms. The largest absolute Gasteiger partial charge is 0.506 e. The zero-order valence-corrected chi connectivity index (χ0v) is 18.2. The molecule has 1 atom stereocenters. The fraction of sp³-hybridized carbons (Fsp3) is 0.364. The number of nitrogens with two attached hydrogens (primary N) is 1. The first-order chi connectivity index (χ1) is 14.8. The van der Waals surface area contributed by atoms with Crippen LogP contribution in [0.1, 0.15) is 18.1 Å². The Morgan fingerprint density at radius 2 is 2.06 bits per heavy atom. The fourth-order valence-corrected chi connectivity index (χ4v) is 4.31.